The number of sulfone groups is 1. The second-order valence-electron chi connectivity index (χ2n) is 6.38. The minimum absolute atomic E-state index is 0.0556. The van der Waals surface area contributed by atoms with Gasteiger partial charge in [-0.3, -0.25) is 0 Å². The third-order valence-corrected chi connectivity index (χ3v) is 5.85. The molecule has 0 aliphatic carbocycles. The summed E-state index contributed by atoms with van der Waals surface area (Å²) < 4.78 is 54.2. The van der Waals surface area contributed by atoms with Gasteiger partial charge in [-0.25, -0.2) is 21.9 Å². The van der Waals surface area contributed by atoms with Crippen LogP contribution in [-0.4, -0.2) is 29.2 Å². The number of hydrogen-bond donors (Lipinski definition) is 0. The summed E-state index contributed by atoms with van der Waals surface area (Å²) in [6.45, 7) is 3.65. The van der Waals surface area contributed by atoms with Gasteiger partial charge < -0.3 is 0 Å². The molecule has 0 atom stereocenters. The Morgan fingerprint density at radius 3 is 2.63 bits per heavy atom. The summed E-state index contributed by atoms with van der Waals surface area (Å²) in [4.78, 5) is 0. The predicted octanol–water partition coefficient (Wildman–Crippen LogP) is 3.85. The van der Waals surface area contributed by atoms with Crippen LogP contribution in [0.2, 0.25) is 0 Å². The van der Waals surface area contributed by atoms with Crippen molar-refractivity contribution in [2.75, 3.05) is 5.75 Å². The van der Waals surface area contributed by atoms with Crippen molar-refractivity contribution in [3.05, 3.63) is 65.4 Å². The molecule has 0 aliphatic heterocycles. The van der Waals surface area contributed by atoms with E-state index >= 15 is 0 Å². The molecule has 0 bridgehead atoms. The van der Waals surface area contributed by atoms with Gasteiger partial charge in [0.1, 0.15) is 11.4 Å². The highest BCUT2D eigenvalue weighted by Crippen LogP contribution is 2.25. The van der Waals surface area contributed by atoms with E-state index in [1.165, 1.54) is 6.20 Å². The molecule has 0 N–H and O–H groups in total. The van der Waals surface area contributed by atoms with Crippen molar-refractivity contribution in [1.29, 1.82) is 0 Å². The van der Waals surface area contributed by atoms with Crippen LogP contribution in [0.15, 0.2) is 42.6 Å². The lowest BCUT2D eigenvalue weighted by Crippen LogP contribution is -2.12. The van der Waals surface area contributed by atoms with Crippen LogP contribution in [0.5, 0.6) is 0 Å². The van der Waals surface area contributed by atoms with Gasteiger partial charge in [-0.05, 0) is 25.5 Å². The molecule has 0 amide bonds. The fourth-order valence-electron chi connectivity index (χ4n) is 2.83. The van der Waals surface area contributed by atoms with Crippen LogP contribution in [0.25, 0.3) is 16.9 Å². The number of halogens is 2. The monoisotopic (exact) mass is 391 g/mol. The largest absolute Gasteiger partial charge is 0.228 e. The van der Waals surface area contributed by atoms with Crippen molar-refractivity contribution in [3.8, 4) is 16.9 Å². The fourth-order valence-corrected chi connectivity index (χ4v) is 4.30. The van der Waals surface area contributed by atoms with Gasteiger partial charge in [0.25, 0.3) is 0 Å². The minimum Gasteiger partial charge on any atom is -0.228 e. The van der Waals surface area contributed by atoms with Crippen molar-refractivity contribution in [3.63, 3.8) is 0 Å². The van der Waals surface area contributed by atoms with Gasteiger partial charge >= 0.3 is 0 Å². The first-order valence-electron chi connectivity index (χ1n) is 8.48. The van der Waals surface area contributed by atoms with Gasteiger partial charge in [-0.15, -0.1) is 5.10 Å². The van der Waals surface area contributed by atoms with Gasteiger partial charge in [-0.1, -0.05) is 42.0 Å². The molecule has 0 fully saturated rings. The van der Waals surface area contributed by atoms with Crippen molar-refractivity contribution >= 4 is 9.84 Å². The highest BCUT2D eigenvalue weighted by atomic mass is 32.2. The average Bonchev–Trinajstić information content (AvgIpc) is 3.07. The molecule has 0 aliphatic rings. The third kappa shape index (κ3) is 4.21. The standard InChI is InChI=1S/C19H19F2N3O2S/c1-3-9-27(25,26)12-15-7-8-16(20)19(18(15)21)24-11-17(22-23-24)14-6-4-5-13(2)10-14/h4-8,10-11H,3,9,12H2,1-2H3. The smallest absolute Gasteiger partial charge is 0.156 e. The van der Waals surface area contributed by atoms with Crippen molar-refractivity contribution in [2.45, 2.75) is 26.0 Å². The van der Waals surface area contributed by atoms with Crippen LogP contribution >= 0.6 is 0 Å². The second kappa shape index (κ2) is 7.56. The van der Waals surface area contributed by atoms with Gasteiger partial charge in [-0.2, -0.15) is 0 Å². The number of aromatic nitrogens is 3. The average molecular weight is 391 g/mol. The van der Waals surface area contributed by atoms with Crippen molar-refractivity contribution < 1.29 is 17.2 Å². The quantitative estimate of drug-likeness (QED) is 0.640. The van der Waals surface area contributed by atoms with Crippen LogP contribution in [0.3, 0.4) is 0 Å². The van der Waals surface area contributed by atoms with Gasteiger partial charge in [0.2, 0.25) is 0 Å². The third-order valence-electron chi connectivity index (χ3n) is 4.07. The van der Waals surface area contributed by atoms with Crippen LogP contribution in [-0.2, 0) is 15.6 Å². The summed E-state index contributed by atoms with van der Waals surface area (Å²) in [5, 5.41) is 7.81. The van der Waals surface area contributed by atoms with Gasteiger partial charge in [0, 0.05) is 11.1 Å². The maximum absolute atomic E-state index is 14.9. The topological polar surface area (TPSA) is 64.8 Å². The van der Waals surface area contributed by atoms with E-state index in [-0.39, 0.29) is 11.3 Å². The second-order valence-corrected chi connectivity index (χ2v) is 8.56. The van der Waals surface area contributed by atoms with Gasteiger partial charge in [0.05, 0.1) is 17.7 Å². The lowest BCUT2D eigenvalue weighted by atomic mass is 10.1. The maximum atomic E-state index is 14.9. The zero-order chi connectivity index (χ0) is 19.6. The maximum Gasteiger partial charge on any atom is 0.156 e. The highest BCUT2D eigenvalue weighted by molar-refractivity contribution is 7.90. The number of hydrogen-bond acceptors (Lipinski definition) is 4. The van der Waals surface area contributed by atoms with E-state index in [4.69, 9.17) is 0 Å². The van der Waals surface area contributed by atoms with Crippen LogP contribution in [0, 0.1) is 18.6 Å². The van der Waals surface area contributed by atoms with E-state index in [1.807, 2.05) is 31.2 Å². The summed E-state index contributed by atoms with van der Waals surface area (Å²) in [7, 11) is -3.47. The van der Waals surface area contributed by atoms with E-state index in [1.54, 1.807) is 6.92 Å². The zero-order valence-electron chi connectivity index (χ0n) is 15.0. The lowest BCUT2D eigenvalue weighted by Gasteiger charge is -2.09. The molecular formula is C19H19F2N3O2S. The summed E-state index contributed by atoms with van der Waals surface area (Å²) in [5.41, 5.74) is 1.71. The Morgan fingerprint density at radius 1 is 1.15 bits per heavy atom. The number of nitrogens with zero attached hydrogens (tertiary/aromatic N) is 3. The molecule has 0 saturated carbocycles. The van der Waals surface area contributed by atoms with Crippen molar-refractivity contribution in [1.82, 2.24) is 15.0 Å². The first-order valence-corrected chi connectivity index (χ1v) is 10.3. The normalized spacial score (nSPS) is 11.7. The summed E-state index contributed by atoms with van der Waals surface area (Å²) in [6, 6.07) is 9.68. The number of benzene rings is 2. The van der Waals surface area contributed by atoms with E-state index in [0.717, 1.165) is 27.9 Å². The molecule has 3 aromatic rings. The molecule has 142 valence electrons. The van der Waals surface area contributed by atoms with E-state index < -0.39 is 32.9 Å². The molecular weight excluding hydrogens is 372 g/mol. The molecule has 3 rings (SSSR count). The Bertz CT molecular complexity index is 1080. The Hall–Kier alpha value is -2.61. The molecule has 1 heterocycles. The van der Waals surface area contributed by atoms with E-state index in [0.29, 0.717) is 12.1 Å². The molecule has 0 spiro atoms. The molecule has 5 nitrogen and oxygen atoms in total. The Morgan fingerprint density at radius 2 is 1.93 bits per heavy atom. The first kappa shape index (κ1) is 19.2. The summed E-state index contributed by atoms with van der Waals surface area (Å²) >= 11 is 0. The summed E-state index contributed by atoms with van der Waals surface area (Å²) in [5.74, 6) is -2.33. The summed E-state index contributed by atoms with van der Waals surface area (Å²) in [6.07, 6.45) is 1.85. The van der Waals surface area contributed by atoms with Crippen LogP contribution < -0.4 is 0 Å². The van der Waals surface area contributed by atoms with Crippen LogP contribution in [0.1, 0.15) is 24.5 Å². The molecule has 1 aromatic heterocycles. The van der Waals surface area contributed by atoms with E-state index in [9.17, 15) is 17.2 Å². The SMILES string of the molecule is CCCS(=O)(=O)Cc1ccc(F)c(-n2cc(-c3cccc(C)c3)nn2)c1F. The lowest BCUT2D eigenvalue weighted by molar-refractivity contribution is 0.547. The Labute approximate surface area is 156 Å². The molecule has 0 saturated heterocycles. The molecule has 2 aromatic carbocycles. The number of rotatable bonds is 6. The molecule has 27 heavy (non-hydrogen) atoms. The van der Waals surface area contributed by atoms with Crippen molar-refractivity contribution in [2.24, 2.45) is 0 Å². The molecule has 0 radical (unpaired) electrons. The first-order chi connectivity index (χ1) is 12.8. The van der Waals surface area contributed by atoms with Crippen LogP contribution in [0.4, 0.5) is 8.78 Å². The highest BCUT2D eigenvalue weighted by Gasteiger charge is 2.21. The minimum atomic E-state index is -3.47. The predicted molar refractivity (Wildman–Crippen MR) is 99.2 cm³/mol. The fraction of sp³-hybridized carbons (Fsp3) is 0.263. The van der Waals surface area contributed by atoms with Gasteiger partial charge in [0.15, 0.2) is 21.5 Å². The zero-order valence-corrected chi connectivity index (χ0v) is 15.8. The number of aryl methyl sites for hydroxylation is 1. The Kier molecular flexibility index (Phi) is 5.36. The van der Waals surface area contributed by atoms with E-state index in [2.05, 4.69) is 10.3 Å². The molecule has 8 heteroatoms. The molecule has 0 unspecified atom stereocenters. The Balaban J connectivity index is 2.01.